The highest BCUT2D eigenvalue weighted by atomic mass is 16.5. The molecule has 13 heavy (non-hydrogen) atoms. The molecule has 2 aliphatic rings. The number of hydrogen-bond donors (Lipinski definition) is 0. The van der Waals surface area contributed by atoms with E-state index in [1.807, 2.05) is 30.4 Å². The van der Waals surface area contributed by atoms with Gasteiger partial charge in [0.05, 0.1) is 0 Å². The van der Waals surface area contributed by atoms with Gasteiger partial charge in [-0.2, -0.15) is 0 Å². The number of ether oxygens (including phenoxy) is 1. The van der Waals surface area contributed by atoms with E-state index in [4.69, 9.17) is 4.74 Å². The van der Waals surface area contributed by atoms with Crippen molar-refractivity contribution in [2.75, 3.05) is 0 Å². The minimum atomic E-state index is -0.274. The molecule has 2 nitrogen and oxygen atoms in total. The summed E-state index contributed by atoms with van der Waals surface area (Å²) in [5.41, 5.74) is 1.15. The molecule has 0 saturated carbocycles. The summed E-state index contributed by atoms with van der Waals surface area (Å²) in [6, 6.07) is 3.79. The summed E-state index contributed by atoms with van der Waals surface area (Å²) in [4.78, 5) is 11.0. The first-order valence-corrected chi connectivity index (χ1v) is 4.09. The molecule has 0 atom stereocenters. The summed E-state index contributed by atoms with van der Waals surface area (Å²) in [6.45, 7) is 0. The van der Waals surface area contributed by atoms with Crippen molar-refractivity contribution >= 4 is 24.2 Å². The van der Waals surface area contributed by atoms with Gasteiger partial charge in [-0.05, 0) is 16.8 Å². The van der Waals surface area contributed by atoms with Crippen LogP contribution in [0.2, 0.25) is 0 Å². The van der Waals surface area contributed by atoms with Gasteiger partial charge >= 0.3 is 5.97 Å². The zero-order valence-corrected chi connectivity index (χ0v) is 6.78. The van der Waals surface area contributed by atoms with Crippen molar-refractivity contribution < 1.29 is 9.53 Å². The molecule has 1 aliphatic heterocycles. The molecule has 0 fully saturated rings. The minimum absolute atomic E-state index is 0.274. The zero-order chi connectivity index (χ0) is 8.84. The number of benzene rings is 1. The van der Waals surface area contributed by atoms with Gasteiger partial charge in [0.2, 0.25) is 0 Å². The smallest absolute Gasteiger partial charge is 0.336 e. The van der Waals surface area contributed by atoms with E-state index < -0.39 is 0 Å². The van der Waals surface area contributed by atoms with E-state index >= 15 is 0 Å². The zero-order valence-electron chi connectivity index (χ0n) is 6.78. The lowest BCUT2D eigenvalue weighted by atomic mass is 10.1. The second-order valence-corrected chi connectivity index (χ2v) is 3.07. The number of fused-ring (bicyclic) bond motifs is 3. The third-order valence-corrected chi connectivity index (χ3v) is 2.29. The molecule has 1 heterocycles. The van der Waals surface area contributed by atoms with Crippen molar-refractivity contribution in [1.82, 2.24) is 0 Å². The molecule has 0 bridgehead atoms. The number of carbonyl (C=O) groups is 1. The van der Waals surface area contributed by atoms with E-state index in [2.05, 4.69) is 0 Å². The third-order valence-electron chi connectivity index (χ3n) is 2.29. The quantitative estimate of drug-likeness (QED) is 0.410. The monoisotopic (exact) mass is 170 g/mol. The molecular formula is C11H6O2. The fourth-order valence-corrected chi connectivity index (χ4v) is 1.71. The van der Waals surface area contributed by atoms with Crippen molar-refractivity contribution in [3.8, 4) is 5.75 Å². The lowest BCUT2D eigenvalue weighted by Crippen LogP contribution is -2.24. The normalized spacial score (nSPS) is 15.8. The maximum atomic E-state index is 11.0. The Hall–Kier alpha value is -1.83. The van der Waals surface area contributed by atoms with Gasteiger partial charge in [-0.15, -0.1) is 0 Å². The number of hydrogen-bond acceptors (Lipinski definition) is 2. The highest BCUT2D eigenvalue weighted by Gasteiger charge is 2.14. The first-order valence-electron chi connectivity index (χ1n) is 4.09. The molecule has 1 aliphatic carbocycles. The Morgan fingerprint density at radius 2 is 2.08 bits per heavy atom. The second-order valence-electron chi connectivity index (χ2n) is 3.07. The van der Waals surface area contributed by atoms with Crippen molar-refractivity contribution in [2.24, 2.45) is 0 Å². The van der Waals surface area contributed by atoms with Gasteiger partial charge in [-0.25, -0.2) is 4.79 Å². The molecule has 0 spiro atoms. The Kier molecular flexibility index (Phi) is 1.08. The molecule has 0 amide bonds. The average molecular weight is 170 g/mol. The lowest BCUT2D eigenvalue weighted by Gasteiger charge is -1.96. The maximum absolute atomic E-state index is 11.0. The summed E-state index contributed by atoms with van der Waals surface area (Å²) in [5, 5.41) is 2.00. The summed E-state index contributed by atoms with van der Waals surface area (Å²) in [6.07, 6.45) is 7.53. The topological polar surface area (TPSA) is 26.3 Å². The standard InChI is InChI=1S/C11H6O2/c12-11-6-9-8-3-1-2-7(8)4-5-10(9)13-11/h1-6H. The summed E-state index contributed by atoms with van der Waals surface area (Å²) < 4.78 is 4.99. The Morgan fingerprint density at radius 1 is 1.15 bits per heavy atom. The summed E-state index contributed by atoms with van der Waals surface area (Å²) in [5.74, 6) is 0.396. The fourth-order valence-electron chi connectivity index (χ4n) is 1.71. The van der Waals surface area contributed by atoms with Crippen LogP contribution in [0.3, 0.4) is 0 Å². The SMILES string of the molecule is O=C1C=c2c(ccc3c2=CC=C3)O1. The molecule has 0 saturated heterocycles. The van der Waals surface area contributed by atoms with Gasteiger partial charge in [0, 0.05) is 11.3 Å². The van der Waals surface area contributed by atoms with Crippen molar-refractivity contribution in [3.63, 3.8) is 0 Å². The molecule has 0 N–H and O–H groups in total. The molecule has 0 unspecified atom stereocenters. The van der Waals surface area contributed by atoms with Gasteiger partial charge in [0.25, 0.3) is 0 Å². The van der Waals surface area contributed by atoms with E-state index in [0.717, 1.165) is 16.0 Å². The Labute approximate surface area is 74.5 Å². The van der Waals surface area contributed by atoms with Crippen LogP contribution in [0.1, 0.15) is 5.56 Å². The van der Waals surface area contributed by atoms with E-state index in [1.54, 1.807) is 0 Å². The lowest BCUT2D eigenvalue weighted by molar-refractivity contribution is -0.126. The average Bonchev–Trinajstić information content (AvgIpc) is 2.65. The molecule has 62 valence electrons. The van der Waals surface area contributed by atoms with Gasteiger partial charge in [-0.3, -0.25) is 0 Å². The Bertz CT molecular complexity index is 550. The van der Waals surface area contributed by atoms with E-state index in [1.165, 1.54) is 6.08 Å². The van der Waals surface area contributed by atoms with Gasteiger partial charge in [0.1, 0.15) is 5.75 Å². The minimum Gasteiger partial charge on any atom is -0.423 e. The number of esters is 1. The van der Waals surface area contributed by atoms with Crippen LogP contribution < -0.4 is 15.2 Å². The third kappa shape index (κ3) is 0.798. The largest absolute Gasteiger partial charge is 0.423 e. The number of carbonyl (C=O) groups excluding carboxylic acids is 1. The highest BCUT2D eigenvalue weighted by molar-refractivity contribution is 6.04. The second kappa shape index (κ2) is 2.10. The number of rotatable bonds is 0. The first kappa shape index (κ1) is 6.66. The molecule has 1 aromatic carbocycles. The van der Waals surface area contributed by atoms with Crippen LogP contribution in [0, 0.1) is 0 Å². The van der Waals surface area contributed by atoms with Crippen LogP contribution in [0.5, 0.6) is 5.75 Å². The Balaban J connectivity index is 2.51. The Morgan fingerprint density at radius 3 is 3.00 bits per heavy atom. The van der Waals surface area contributed by atoms with Crippen LogP contribution in [0.4, 0.5) is 0 Å². The van der Waals surface area contributed by atoms with Crippen molar-refractivity contribution in [1.29, 1.82) is 0 Å². The molecule has 0 radical (unpaired) electrons. The summed E-state index contributed by atoms with van der Waals surface area (Å²) in [7, 11) is 0. The van der Waals surface area contributed by atoms with Crippen molar-refractivity contribution in [2.45, 2.75) is 0 Å². The van der Waals surface area contributed by atoms with E-state index in [9.17, 15) is 4.79 Å². The predicted octanol–water partition coefficient (Wildman–Crippen LogP) is 0.193. The molecule has 1 aromatic rings. The van der Waals surface area contributed by atoms with Crippen LogP contribution in [0.25, 0.3) is 18.2 Å². The van der Waals surface area contributed by atoms with Gasteiger partial charge < -0.3 is 4.74 Å². The molecule has 0 aromatic heterocycles. The van der Waals surface area contributed by atoms with Crippen molar-refractivity contribution in [3.05, 3.63) is 34.2 Å². The predicted molar refractivity (Wildman–Crippen MR) is 49.3 cm³/mol. The van der Waals surface area contributed by atoms with Gasteiger partial charge in [-0.1, -0.05) is 24.3 Å². The van der Waals surface area contributed by atoms with Crippen LogP contribution in [-0.2, 0) is 4.79 Å². The fraction of sp³-hybridized carbons (Fsp3) is 0. The first-order chi connectivity index (χ1) is 6.34. The van der Waals surface area contributed by atoms with E-state index in [-0.39, 0.29) is 5.97 Å². The van der Waals surface area contributed by atoms with Gasteiger partial charge in [0.15, 0.2) is 0 Å². The summed E-state index contributed by atoms with van der Waals surface area (Å²) >= 11 is 0. The van der Waals surface area contributed by atoms with E-state index in [0.29, 0.717) is 5.75 Å². The highest BCUT2D eigenvalue weighted by Crippen LogP contribution is 2.10. The maximum Gasteiger partial charge on any atom is 0.336 e. The molecule has 2 heteroatoms. The van der Waals surface area contributed by atoms with Crippen LogP contribution in [0.15, 0.2) is 18.2 Å². The number of allylic oxidation sites excluding steroid dienone is 1. The molecule has 3 rings (SSSR count). The molecular weight excluding hydrogens is 164 g/mol. The van der Waals surface area contributed by atoms with Crippen LogP contribution in [-0.4, -0.2) is 5.97 Å². The van der Waals surface area contributed by atoms with Crippen LogP contribution >= 0.6 is 0 Å².